The fourth-order valence-electron chi connectivity index (χ4n) is 2.10. The minimum atomic E-state index is 0.821. The standard InChI is InChI=1S/C12H13BrN4/c1-9-2-3-15-12(11(9)13)17-7-6-16-5-4-14-10(16)8-17/h2-5H,6-8H2,1H3. The molecule has 0 N–H and O–H groups in total. The molecule has 88 valence electrons. The van der Waals surface area contributed by atoms with Crippen molar-refractivity contribution in [2.45, 2.75) is 20.0 Å². The first-order chi connectivity index (χ1) is 8.25. The Kier molecular flexibility index (Phi) is 2.63. The zero-order valence-electron chi connectivity index (χ0n) is 9.60. The van der Waals surface area contributed by atoms with Gasteiger partial charge < -0.3 is 9.47 Å². The van der Waals surface area contributed by atoms with E-state index >= 15 is 0 Å². The maximum Gasteiger partial charge on any atom is 0.143 e. The van der Waals surface area contributed by atoms with E-state index in [1.807, 2.05) is 24.7 Å². The van der Waals surface area contributed by atoms with Crippen LogP contribution in [0.3, 0.4) is 0 Å². The highest BCUT2D eigenvalue weighted by molar-refractivity contribution is 9.10. The number of aryl methyl sites for hydroxylation is 1. The molecule has 0 saturated carbocycles. The lowest BCUT2D eigenvalue weighted by Crippen LogP contribution is -2.34. The predicted octanol–water partition coefficient (Wildman–Crippen LogP) is 2.37. The van der Waals surface area contributed by atoms with Gasteiger partial charge in [-0.25, -0.2) is 9.97 Å². The Morgan fingerprint density at radius 2 is 2.12 bits per heavy atom. The van der Waals surface area contributed by atoms with Crippen molar-refractivity contribution in [2.24, 2.45) is 0 Å². The molecule has 1 aliphatic rings. The minimum absolute atomic E-state index is 0.821. The lowest BCUT2D eigenvalue weighted by molar-refractivity contribution is 0.555. The van der Waals surface area contributed by atoms with E-state index in [4.69, 9.17) is 0 Å². The van der Waals surface area contributed by atoms with Crippen LogP contribution in [0.15, 0.2) is 29.1 Å². The van der Waals surface area contributed by atoms with Crippen molar-refractivity contribution >= 4 is 21.7 Å². The number of rotatable bonds is 1. The summed E-state index contributed by atoms with van der Waals surface area (Å²) in [6, 6.07) is 2.01. The molecular formula is C12H13BrN4. The fourth-order valence-corrected chi connectivity index (χ4v) is 2.59. The molecule has 4 nitrogen and oxygen atoms in total. The summed E-state index contributed by atoms with van der Waals surface area (Å²) < 4.78 is 3.28. The van der Waals surface area contributed by atoms with Gasteiger partial charge in [0, 0.05) is 31.7 Å². The van der Waals surface area contributed by atoms with Crippen LogP contribution >= 0.6 is 15.9 Å². The average molecular weight is 293 g/mol. The molecule has 0 atom stereocenters. The second kappa shape index (κ2) is 4.14. The molecule has 0 amide bonds. The summed E-state index contributed by atoms with van der Waals surface area (Å²) in [6.45, 7) is 4.85. The molecule has 2 aromatic heterocycles. The summed E-state index contributed by atoms with van der Waals surface area (Å²) in [5, 5.41) is 0. The first-order valence-corrected chi connectivity index (χ1v) is 6.41. The smallest absolute Gasteiger partial charge is 0.143 e. The number of fused-ring (bicyclic) bond motifs is 1. The molecule has 5 heteroatoms. The third-order valence-electron chi connectivity index (χ3n) is 3.11. The Morgan fingerprint density at radius 1 is 1.24 bits per heavy atom. The fraction of sp³-hybridized carbons (Fsp3) is 0.333. The van der Waals surface area contributed by atoms with Crippen molar-refractivity contribution in [2.75, 3.05) is 11.4 Å². The predicted molar refractivity (Wildman–Crippen MR) is 70.0 cm³/mol. The van der Waals surface area contributed by atoms with Gasteiger partial charge in [-0.15, -0.1) is 0 Å². The van der Waals surface area contributed by atoms with Gasteiger partial charge in [-0.3, -0.25) is 0 Å². The average Bonchev–Trinajstić information content (AvgIpc) is 2.79. The van der Waals surface area contributed by atoms with E-state index in [1.165, 1.54) is 5.56 Å². The van der Waals surface area contributed by atoms with Crippen LogP contribution in [-0.2, 0) is 13.1 Å². The van der Waals surface area contributed by atoms with Crippen LogP contribution < -0.4 is 4.90 Å². The Hall–Kier alpha value is -1.36. The van der Waals surface area contributed by atoms with Crippen molar-refractivity contribution in [3.63, 3.8) is 0 Å². The molecule has 0 spiro atoms. The number of nitrogens with zero attached hydrogens (tertiary/aromatic N) is 4. The van der Waals surface area contributed by atoms with Gasteiger partial charge in [-0.05, 0) is 34.5 Å². The molecule has 3 rings (SSSR count). The summed E-state index contributed by atoms with van der Waals surface area (Å²) in [4.78, 5) is 11.1. The van der Waals surface area contributed by atoms with E-state index in [1.54, 1.807) is 0 Å². The van der Waals surface area contributed by atoms with E-state index in [0.29, 0.717) is 0 Å². The molecule has 2 aromatic rings. The second-order valence-corrected chi connectivity index (χ2v) is 5.02. The van der Waals surface area contributed by atoms with Gasteiger partial charge >= 0.3 is 0 Å². The molecule has 0 radical (unpaired) electrons. The number of aromatic nitrogens is 3. The number of imidazole rings is 1. The molecule has 3 heterocycles. The molecule has 0 fully saturated rings. The highest BCUT2D eigenvalue weighted by Gasteiger charge is 2.19. The zero-order chi connectivity index (χ0) is 11.8. The monoisotopic (exact) mass is 292 g/mol. The van der Waals surface area contributed by atoms with Crippen LogP contribution in [-0.4, -0.2) is 21.1 Å². The maximum absolute atomic E-state index is 4.46. The van der Waals surface area contributed by atoms with Crippen molar-refractivity contribution in [1.82, 2.24) is 14.5 Å². The van der Waals surface area contributed by atoms with E-state index in [9.17, 15) is 0 Å². The lowest BCUT2D eigenvalue weighted by Gasteiger charge is -2.29. The van der Waals surface area contributed by atoms with E-state index in [0.717, 1.165) is 35.7 Å². The van der Waals surface area contributed by atoms with Crippen LogP contribution in [0, 0.1) is 6.92 Å². The van der Waals surface area contributed by atoms with Crippen LogP contribution in [0.25, 0.3) is 0 Å². The van der Waals surface area contributed by atoms with Crippen LogP contribution in [0.4, 0.5) is 5.82 Å². The number of pyridine rings is 1. The minimum Gasteiger partial charge on any atom is -0.346 e. The second-order valence-electron chi connectivity index (χ2n) is 4.22. The number of hydrogen-bond acceptors (Lipinski definition) is 3. The zero-order valence-corrected chi connectivity index (χ0v) is 11.2. The molecule has 1 aliphatic heterocycles. The highest BCUT2D eigenvalue weighted by atomic mass is 79.9. The molecule has 0 aromatic carbocycles. The van der Waals surface area contributed by atoms with Crippen LogP contribution in [0.2, 0.25) is 0 Å². The third-order valence-corrected chi connectivity index (χ3v) is 4.09. The lowest BCUT2D eigenvalue weighted by atomic mass is 10.2. The van der Waals surface area contributed by atoms with Crippen LogP contribution in [0.5, 0.6) is 0 Å². The summed E-state index contributed by atoms with van der Waals surface area (Å²) >= 11 is 3.62. The first kappa shape index (κ1) is 10.8. The molecule has 17 heavy (non-hydrogen) atoms. The van der Waals surface area contributed by atoms with Gasteiger partial charge in [0.05, 0.1) is 11.0 Å². The summed E-state index contributed by atoms with van der Waals surface area (Å²) in [6.07, 6.45) is 5.75. The van der Waals surface area contributed by atoms with E-state index < -0.39 is 0 Å². The Morgan fingerprint density at radius 3 is 3.00 bits per heavy atom. The van der Waals surface area contributed by atoms with Gasteiger partial charge in [-0.2, -0.15) is 0 Å². The largest absolute Gasteiger partial charge is 0.346 e. The SMILES string of the molecule is Cc1ccnc(N2CCn3ccnc3C2)c1Br. The number of anilines is 1. The number of hydrogen-bond donors (Lipinski definition) is 0. The van der Waals surface area contributed by atoms with Crippen LogP contribution in [0.1, 0.15) is 11.4 Å². The first-order valence-electron chi connectivity index (χ1n) is 5.62. The topological polar surface area (TPSA) is 34.0 Å². The molecule has 0 unspecified atom stereocenters. The summed E-state index contributed by atoms with van der Waals surface area (Å²) in [5.74, 6) is 2.12. The molecule has 0 saturated heterocycles. The van der Waals surface area contributed by atoms with Crippen molar-refractivity contribution < 1.29 is 0 Å². The molecular weight excluding hydrogens is 280 g/mol. The highest BCUT2D eigenvalue weighted by Crippen LogP contribution is 2.28. The molecule has 0 aliphatic carbocycles. The van der Waals surface area contributed by atoms with E-state index in [-0.39, 0.29) is 0 Å². The Bertz CT molecular complexity index is 549. The quantitative estimate of drug-likeness (QED) is 0.809. The van der Waals surface area contributed by atoms with E-state index in [2.05, 4.69) is 42.3 Å². The summed E-state index contributed by atoms with van der Waals surface area (Å²) in [7, 11) is 0. The van der Waals surface area contributed by atoms with Gasteiger partial charge in [0.25, 0.3) is 0 Å². The van der Waals surface area contributed by atoms with Gasteiger partial charge in [0.2, 0.25) is 0 Å². The summed E-state index contributed by atoms with van der Waals surface area (Å²) in [5.41, 5.74) is 1.21. The Labute approximate surface area is 108 Å². The van der Waals surface area contributed by atoms with Gasteiger partial charge in [0.1, 0.15) is 11.6 Å². The normalized spacial score (nSPS) is 14.8. The van der Waals surface area contributed by atoms with Crippen molar-refractivity contribution in [1.29, 1.82) is 0 Å². The third kappa shape index (κ3) is 1.84. The maximum atomic E-state index is 4.46. The molecule has 0 bridgehead atoms. The van der Waals surface area contributed by atoms with Crippen molar-refractivity contribution in [3.8, 4) is 0 Å². The van der Waals surface area contributed by atoms with Gasteiger partial charge in [-0.1, -0.05) is 0 Å². The number of halogens is 1. The van der Waals surface area contributed by atoms with Crippen molar-refractivity contribution in [3.05, 3.63) is 40.5 Å². The Balaban J connectivity index is 1.94. The van der Waals surface area contributed by atoms with Gasteiger partial charge in [0.15, 0.2) is 0 Å².